The number of carboxylic acids is 1. The average molecular weight is 1900 g/mol. The van der Waals surface area contributed by atoms with Crippen LogP contribution in [0.2, 0.25) is 0 Å². The summed E-state index contributed by atoms with van der Waals surface area (Å²) in [7, 11) is 1.37. The lowest BCUT2D eigenvalue weighted by atomic mass is 10.0. The van der Waals surface area contributed by atoms with Crippen LogP contribution in [0.15, 0.2) is 335 Å². The van der Waals surface area contributed by atoms with Gasteiger partial charge in [-0.2, -0.15) is 10.5 Å². The summed E-state index contributed by atoms with van der Waals surface area (Å²) in [5.41, 5.74) is 33.2. The number of esters is 1. The number of hydrogen-bond acceptors (Lipinski definition) is 25. The van der Waals surface area contributed by atoms with Gasteiger partial charge in [0.25, 0.3) is 0 Å². The number of benzene rings is 4. The lowest BCUT2D eigenvalue weighted by Crippen LogP contribution is -2.14. The van der Waals surface area contributed by atoms with Gasteiger partial charge >= 0.3 is 11.9 Å². The first kappa shape index (κ1) is 92.6. The third-order valence-corrected chi connectivity index (χ3v) is 25.6. The molecule has 19 aromatic heterocycles. The highest BCUT2D eigenvalue weighted by molar-refractivity contribution is 6.00. The first-order valence-electron chi connectivity index (χ1n) is 46.3. The highest BCUT2D eigenvalue weighted by atomic mass is 16.5. The first-order chi connectivity index (χ1) is 70.2. The average Bonchev–Trinajstić information content (AvgIpc) is 1.61. The molecular weight excluding hydrogens is 1810 g/mol. The van der Waals surface area contributed by atoms with E-state index >= 15 is 0 Å². The number of nitrogens with one attached hydrogen (secondary N) is 1. The number of ether oxygens (including phenoxy) is 1. The Labute approximate surface area is 824 Å². The number of carbonyl (C=O) groups is 2. The molecule has 706 valence electrons. The molecule has 31 heteroatoms. The van der Waals surface area contributed by atoms with Gasteiger partial charge in [0.1, 0.15) is 35.1 Å². The fourth-order valence-corrected chi connectivity index (χ4v) is 18.6. The zero-order chi connectivity index (χ0) is 99.3. The Kier molecular flexibility index (Phi) is 25.8. The molecule has 0 radical (unpaired) electrons. The van der Waals surface area contributed by atoms with E-state index in [1.54, 1.807) is 49.1 Å². The summed E-state index contributed by atoms with van der Waals surface area (Å²) >= 11 is 0. The van der Waals surface area contributed by atoms with Crippen molar-refractivity contribution in [3.63, 3.8) is 0 Å². The number of H-pyrrole nitrogens is 1. The molecule has 23 aromatic rings. The Morgan fingerprint density at radius 1 is 0.354 bits per heavy atom. The van der Waals surface area contributed by atoms with E-state index in [1.807, 2.05) is 269 Å². The van der Waals surface area contributed by atoms with Crippen molar-refractivity contribution < 1.29 is 37.5 Å². The van der Waals surface area contributed by atoms with Crippen molar-refractivity contribution in [1.82, 2.24) is 109 Å². The summed E-state index contributed by atoms with van der Waals surface area (Å²) in [6, 6.07) is 75.3. The number of aryl methyl sites for hydroxylation is 8. The minimum Gasteiger partial charge on any atom is -0.478 e. The Bertz CT molecular complexity index is 8460. The fourth-order valence-electron chi connectivity index (χ4n) is 18.6. The van der Waals surface area contributed by atoms with Crippen LogP contribution in [-0.4, -0.2) is 134 Å². The number of methoxy groups -OCH3 is 1. The summed E-state index contributed by atoms with van der Waals surface area (Å²) in [6.45, 7) is 19.6. The molecule has 0 spiro atoms. The molecule has 19 heterocycles. The number of carboxylic acid groups (broad SMARTS) is 1. The maximum absolute atomic E-state index is 12.0. The number of nitriles is 1. The molecule has 31 nitrogen and oxygen atoms in total. The number of aromatic carboxylic acids is 1. The molecule has 0 aliphatic heterocycles. The van der Waals surface area contributed by atoms with Gasteiger partial charge in [-0.05, 0) is 230 Å². The molecular formula is C113H91N23O8. The van der Waals surface area contributed by atoms with E-state index in [0.717, 1.165) is 219 Å². The van der Waals surface area contributed by atoms with Crippen LogP contribution in [0.1, 0.15) is 144 Å². The number of nitrogens with zero attached hydrogens (tertiary/aromatic N) is 22. The van der Waals surface area contributed by atoms with Crippen molar-refractivity contribution in [2.75, 3.05) is 7.11 Å². The highest BCUT2D eigenvalue weighted by Gasteiger charge is 2.31. The van der Waals surface area contributed by atoms with Crippen LogP contribution in [0, 0.1) is 66.7 Å². The summed E-state index contributed by atoms with van der Waals surface area (Å²) < 4.78 is 35.3. The van der Waals surface area contributed by atoms with Gasteiger partial charge in [0, 0.05) is 159 Å². The molecule has 0 fully saturated rings. The Morgan fingerprint density at radius 3 is 0.910 bits per heavy atom. The molecule has 0 saturated carbocycles. The number of hydrogen-bond donors (Lipinski definition) is 2. The quantitative estimate of drug-likeness (QED) is 0.0631. The van der Waals surface area contributed by atoms with Crippen molar-refractivity contribution >= 4 is 56.1 Å². The second kappa shape index (κ2) is 40.1. The second-order valence-electron chi connectivity index (χ2n) is 34.6. The molecule has 23 rings (SSSR count). The largest absolute Gasteiger partial charge is 0.478 e. The van der Waals surface area contributed by atoms with Crippen LogP contribution in [0.3, 0.4) is 0 Å². The number of aromatic nitrogens is 22. The van der Waals surface area contributed by atoms with Gasteiger partial charge in [0.15, 0.2) is 0 Å². The highest BCUT2D eigenvalue weighted by Crippen LogP contribution is 2.45. The van der Waals surface area contributed by atoms with Gasteiger partial charge in [-0.25, -0.2) is 9.59 Å². The SMILES string of the molecule is COC(=O)c1ccc(-c2cn(C(c3ccccn3)c3ccccn3)c3cc(-c4c(C)noc4C)cnc23)cc1.Cc1noc(C)c1-c1cnc2c(-c3ccc(-c4nn[nH]n4)cc3)cn([C@@H](C)c3ccccn3)c2c1.Cc1noc(C)c1-c1cnc2c(-c3ccc(C#N)cc3)cn([C@@H](C)c3ccccn3)c2c1.Cc1noc(C)c1-c1cnc2c(-c3ccc(C(=O)O)cc3)cn(C(c3ccccn3)c3ccccn3)c2c1. The molecule has 0 amide bonds. The second-order valence-corrected chi connectivity index (χ2v) is 34.6. The minimum absolute atomic E-state index is 0.00699. The van der Waals surface area contributed by atoms with Crippen molar-refractivity contribution in [3.05, 3.63) is 414 Å². The zero-order valence-corrected chi connectivity index (χ0v) is 80.0. The van der Waals surface area contributed by atoms with E-state index in [9.17, 15) is 14.7 Å². The van der Waals surface area contributed by atoms with Crippen LogP contribution < -0.4 is 0 Å². The Morgan fingerprint density at radius 2 is 0.639 bits per heavy atom. The molecule has 4 aromatic carbocycles. The van der Waals surface area contributed by atoms with Gasteiger partial charge in [0.2, 0.25) is 5.82 Å². The zero-order valence-electron chi connectivity index (χ0n) is 80.0. The summed E-state index contributed by atoms with van der Waals surface area (Å²) in [6.07, 6.45) is 26.6. The van der Waals surface area contributed by atoms with Gasteiger partial charge in [-0.3, -0.25) is 49.8 Å². The number of fused-ring (bicyclic) bond motifs is 4. The van der Waals surface area contributed by atoms with E-state index in [2.05, 4.69) is 154 Å². The van der Waals surface area contributed by atoms with Crippen molar-refractivity contribution in [2.45, 2.75) is 93.4 Å². The van der Waals surface area contributed by atoms with Gasteiger partial charge in [-0.15, -0.1) is 10.2 Å². The molecule has 0 unspecified atom stereocenters. The van der Waals surface area contributed by atoms with E-state index in [1.165, 1.54) is 7.11 Å². The van der Waals surface area contributed by atoms with Crippen LogP contribution in [0.4, 0.5) is 0 Å². The van der Waals surface area contributed by atoms with E-state index in [4.69, 9.17) is 58.0 Å². The molecule has 0 bridgehead atoms. The molecule has 0 aliphatic carbocycles. The van der Waals surface area contributed by atoms with Gasteiger partial charge in [0.05, 0.1) is 143 Å². The van der Waals surface area contributed by atoms with Gasteiger partial charge < -0.3 is 46.2 Å². The van der Waals surface area contributed by atoms with Crippen molar-refractivity contribution in [3.8, 4) is 106 Å². The smallest absolute Gasteiger partial charge is 0.337 e. The monoisotopic (exact) mass is 1900 g/mol. The Balaban J connectivity index is 0.000000117. The number of pyridine rings is 10. The van der Waals surface area contributed by atoms with Crippen LogP contribution >= 0.6 is 0 Å². The van der Waals surface area contributed by atoms with Crippen LogP contribution in [-0.2, 0) is 4.74 Å². The third kappa shape index (κ3) is 18.3. The topological polar surface area (TPSA) is 395 Å². The summed E-state index contributed by atoms with van der Waals surface area (Å²) in [5.74, 6) is 2.21. The standard InChI is InChI=1S/C31H25N5O3.C30H23N5O3.C26H22N8O.C26H21N5O/c1-19-28(20(2)39-35-19)23-16-27-29(34-17-23)24(21-10-12-22(13-11-21)31(37)38-3)18-36(27)30(25-8-4-6-14-32-25)26-9-5-7-15-33-26;1-18-27(19(2)38-34-18)22-15-26-28(33-16-22)23(20-9-11-21(12-10-20)30(36)37)17-35(26)29(24-7-3-5-13-31-24)25-8-4-6-14-32-25;1-15-24(17(3)35-31-15)20-12-23-25(28-13-20)21(14-34(23)16(2)22-6-4-5-11-27-22)18-7-9-19(10-8-18)26-29-32-33-30-26;1-16-25(18(3)32-30-16)21-12-24-26(29-14-21)22(20-9-7-19(13-27)8-10-20)15-31(24)17(2)23-6-4-5-11-28-23/h4-18,30H,1-3H3;3-17,29H,1-2H3,(H,36,37);4-14,16H,1-3H3,(H,29,30,32,33);4-12,14-15,17H,1-3H3/t;;16-;17-/m..00/s1. The molecule has 2 atom stereocenters. The normalized spacial score (nSPS) is 11.7. The molecule has 0 aliphatic rings. The predicted octanol–water partition coefficient (Wildman–Crippen LogP) is 23.3. The lowest BCUT2D eigenvalue weighted by Gasteiger charge is -2.19. The first-order valence-corrected chi connectivity index (χ1v) is 46.3. The summed E-state index contributed by atoms with van der Waals surface area (Å²) in [5, 5.41) is 49.3. The third-order valence-electron chi connectivity index (χ3n) is 25.6. The fraction of sp³-hybridized carbons (Fsp3) is 0.133. The van der Waals surface area contributed by atoms with Crippen molar-refractivity contribution in [1.29, 1.82) is 5.26 Å². The van der Waals surface area contributed by atoms with E-state index in [0.29, 0.717) is 17.0 Å². The maximum Gasteiger partial charge on any atom is 0.337 e. The molecule has 144 heavy (non-hydrogen) atoms. The number of tetrazole rings is 1. The Hall–Kier alpha value is -19.1. The number of rotatable bonds is 21. The maximum atomic E-state index is 12.0. The minimum atomic E-state index is -0.966. The van der Waals surface area contributed by atoms with Crippen LogP contribution in [0.5, 0.6) is 0 Å². The predicted molar refractivity (Wildman–Crippen MR) is 544 cm³/mol. The van der Waals surface area contributed by atoms with Gasteiger partial charge in [-0.1, -0.05) is 118 Å². The number of carbonyl (C=O) groups excluding carboxylic acids is 1. The molecule has 0 saturated heterocycles. The summed E-state index contributed by atoms with van der Waals surface area (Å²) in [4.78, 5) is 71.0. The number of aromatic amines is 1. The lowest BCUT2D eigenvalue weighted by molar-refractivity contribution is 0.0599. The van der Waals surface area contributed by atoms with E-state index in [-0.39, 0.29) is 35.7 Å². The van der Waals surface area contributed by atoms with Crippen molar-refractivity contribution in [2.24, 2.45) is 0 Å². The molecule has 2 N–H and O–H groups in total. The van der Waals surface area contributed by atoms with Crippen LogP contribution in [0.25, 0.3) is 145 Å². The van der Waals surface area contributed by atoms with E-state index < -0.39 is 5.97 Å².